The first-order valence-electron chi connectivity index (χ1n) is 9.93. The van der Waals surface area contributed by atoms with Crippen LogP contribution in [0.1, 0.15) is 39.1 Å². The molecule has 1 amide bonds. The molecule has 8 heteroatoms. The van der Waals surface area contributed by atoms with Crippen molar-refractivity contribution in [2.45, 2.75) is 44.1 Å². The molecule has 1 heterocycles. The standard InChI is InChI=1S/C23H27N3O4S/c1-15(22(27)24-18-11-9-17(10-12-18)23(2,3)4)31(28)14-20-25-21(26-30-20)16-7-6-8-19(13-16)29-5/h6-13,15H,14H2,1-5H3,(H,24,27). The average molecular weight is 442 g/mol. The lowest BCUT2D eigenvalue weighted by Crippen LogP contribution is -2.29. The molecule has 2 aromatic carbocycles. The molecule has 31 heavy (non-hydrogen) atoms. The van der Waals surface area contributed by atoms with Gasteiger partial charge in [0.25, 0.3) is 0 Å². The number of aromatic nitrogens is 2. The molecule has 2 unspecified atom stereocenters. The number of anilines is 1. The summed E-state index contributed by atoms with van der Waals surface area (Å²) >= 11 is 0. The summed E-state index contributed by atoms with van der Waals surface area (Å²) in [5.41, 5.74) is 2.60. The molecule has 0 bridgehead atoms. The van der Waals surface area contributed by atoms with Crippen molar-refractivity contribution in [3.05, 3.63) is 60.0 Å². The predicted octanol–water partition coefficient (Wildman–Crippen LogP) is 4.32. The van der Waals surface area contributed by atoms with Gasteiger partial charge in [-0.05, 0) is 42.2 Å². The van der Waals surface area contributed by atoms with Gasteiger partial charge < -0.3 is 14.6 Å². The quantitative estimate of drug-likeness (QED) is 0.587. The molecule has 0 saturated carbocycles. The molecular formula is C23H27N3O4S. The summed E-state index contributed by atoms with van der Waals surface area (Å²) in [6.45, 7) is 8.00. The summed E-state index contributed by atoms with van der Waals surface area (Å²) in [6.07, 6.45) is 0. The second-order valence-corrected chi connectivity index (χ2v) is 9.98. The Morgan fingerprint density at radius 1 is 1.19 bits per heavy atom. The van der Waals surface area contributed by atoms with Gasteiger partial charge in [0.2, 0.25) is 17.6 Å². The topological polar surface area (TPSA) is 94.3 Å². The van der Waals surface area contributed by atoms with Gasteiger partial charge in [0.05, 0.1) is 7.11 Å². The van der Waals surface area contributed by atoms with E-state index in [0.29, 0.717) is 17.3 Å². The van der Waals surface area contributed by atoms with Gasteiger partial charge in [0.1, 0.15) is 16.8 Å². The lowest BCUT2D eigenvalue weighted by Gasteiger charge is -2.19. The van der Waals surface area contributed by atoms with Gasteiger partial charge in [0.15, 0.2) is 0 Å². The van der Waals surface area contributed by atoms with Gasteiger partial charge in [-0.2, -0.15) is 4.98 Å². The fourth-order valence-corrected chi connectivity index (χ4v) is 3.76. The number of hydrogen-bond donors (Lipinski definition) is 1. The molecule has 0 aliphatic heterocycles. The van der Waals surface area contributed by atoms with Crippen LogP contribution in [0.25, 0.3) is 11.4 Å². The van der Waals surface area contributed by atoms with Crippen LogP contribution in [0.4, 0.5) is 5.69 Å². The van der Waals surface area contributed by atoms with E-state index in [2.05, 4.69) is 36.2 Å². The first-order valence-corrected chi connectivity index (χ1v) is 11.3. The minimum absolute atomic E-state index is 0.00544. The third kappa shape index (κ3) is 5.79. The molecule has 1 aromatic heterocycles. The lowest BCUT2D eigenvalue weighted by atomic mass is 9.87. The Bertz CT molecular complexity index is 1070. The Labute approximate surface area is 184 Å². The molecule has 2 atom stereocenters. The maximum Gasteiger partial charge on any atom is 0.239 e. The minimum atomic E-state index is -1.52. The van der Waals surface area contributed by atoms with Crippen molar-refractivity contribution in [2.24, 2.45) is 0 Å². The van der Waals surface area contributed by atoms with E-state index in [0.717, 1.165) is 5.56 Å². The summed E-state index contributed by atoms with van der Waals surface area (Å²) in [7, 11) is 0.0587. The molecule has 0 fully saturated rings. The van der Waals surface area contributed by atoms with Gasteiger partial charge in [-0.15, -0.1) is 0 Å². The van der Waals surface area contributed by atoms with Crippen LogP contribution in [0, 0.1) is 0 Å². The lowest BCUT2D eigenvalue weighted by molar-refractivity contribution is -0.115. The first kappa shape index (κ1) is 22.7. The molecule has 0 saturated heterocycles. The van der Waals surface area contributed by atoms with Crippen LogP contribution >= 0.6 is 0 Å². The smallest absolute Gasteiger partial charge is 0.239 e. The minimum Gasteiger partial charge on any atom is -0.497 e. The molecule has 1 N–H and O–H groups in total. The van der Waals surface area contributed by atoms with Gasteiger partial charge >= 0.3 is 0 Å². The Balaban J connectivity index is 1.61. The van der Waals surface area contributed by atoms with Crippen LogP contribution < -0.4 is 10.1 Å². The number of benzene rings is 2. The summed E-state index contributed by atoms with van der Waals surface area (Å²) in [6, 6.07) is 14.9. The summed E-state index contributed by atoms with van der Waals surface area (Å²) in [4.78, 5) is 16.8. The van der Waals surface area contributed by atoms with E-state index in [1.165, 1.54) is 5.56 Å². The molecule has 0 spiro atoms. The maximum absolute atomic E-state index is 12.7. The molecular weight excluding hydrogens is 414 g/mol. The largest absolute Gasteiger partial charge is 0.497 e. The number of methoxy groups -OCH3 is 1. The van der Waals surface area contributed by atoms with Crippen molar-refractivity contribution in [1.82, 2.24) is 10.1 Å². The van der Waals surface area contributed by atoms with Gasteiger partial charge in [-0.1, -0.05) is 50.2 Å². The number of nitrogens with one attached hydrogen (secondary N) is 1. The fourth-order valence-electron chi connectivity index (χ4n) is 2.86. The zero-order valence-electron chi connectivity index (χ0n) is 18.3. The third-order valence-corrected chi connectivity index (χ3v) is 6.38. The summed E-state index contributed by atoms with van der Waals surface area (Å²) in [5, 5.41) is 6.02. The third-order valence-electron chi connectivity index (χ3n) is 4.84. The van der Waals surface area contributed by atoms with Crippen molar-refractivity contribution < 1.29 is 18.3 Å². The molecule has 3 aromatic rings. The highest BCUT2D eigenvalue weighted by molar-refractivity contribution is 7.85. The molecule has 0 aliphatic rings. The number of ether oxygens (including phenoxy) is 1. The van der Waals surface area contributed by atoms with Crippen molar-refractivity contribution in [3.8, 4) is 17.1 Å². The van der Waals surface area contributed by atoms with Crippen LogP contribution in [0.15, 0.2) is 53.1 Å². The number of hydrogen-bond acceptors (Lipinski definition) is 6. The van der Waals surface area contributed by atoms with Crippen LogP contribution in [0.3, 0.4) is 0 Å². The Morgan fingerprint density at radius 3 is 2.55 bits per heavy atom. The van der Waals surface area contributed by atoms with Crippen molar-refractivity contribution in [1.29, 1.82) is 0 Å². The van der Waals surface area contributed by atoms with E-state index in [9.17, 15) is 9.00 Å². The molecule has 0 radical (unpaired) electrons. The Morgan fingerprint density at radius 2 is 1.90 bits per heavy atom. The second-order valence-electron chi connectivity index (χ2n) is 8.23. The SMILES string of the molecule is COc1cccc(-c2noc(CS(=O)C(C)C(=O)Nc3ccc(C(C)(C)C)cc3)n2)c1. The number of amides is 1. The van der Waals surface area contributed by atoms with Crippen molar-refractivity contribution >= 4 is 22.4 Å². The predicted molar refractivity (Wildman–Crippen MR) is 121 cm³/mol. The highest BCUT2D eigenvalue weighted by Crippen LogP contribution is 2.24. The van der Waals surface area contributed by atoms with E-state index in [4.69, 9.17) is 9.26 Å². The summed E-state index contributed by atoms with van der Waals surface area (Å²) < 4.78 is 23.1. The van der Waals surface area contributed by atoms with Crippen LogP contribution in [-0.4, -0.2) is 32.6 Å². The van der Waals surface area contributed by atoms with E-state index >= 15 is 0 Å². The van der Waals surface area contributed by atoms with Gasteiger partial charge in [-0.3, -0.25) is 9.00 Å². The second kappa shape index (κ2) is 9.43. The molecule has 164 valence electrons. The van der Waals surface area contributed by atoms with Crippen molar-refractivity contribution in [3.63, 3.8) is 0 Å². The highest BCUT2D eigenvalue weighted by Gasteiger charge is 2.23. The van der Waals surface area contributed by atoms with E-state index < -0.39 is 16.0 Å². The van der Waals surface area contributed by atoms with Crippen LogP contribution in [-0.2, 0) is 26.8 Å². The zero-order valence-corrected chi connectivity index (χ0v) is 19.2. The molecule has 0 aliphatic carbocycles. The Hall–Kier alpha value is -3.00. The molecule has 3 rings (SSSR count). The summed E-state index contributed by atoms with van der Waals surface area (Å²) in [5.74, 6) is 0.934. The molecule has 7 nitrogen and oxygen atoms in total. The van der Waals surface area contributed by atoms with E-state index in [1.807, 2.05) is 42.5 Å². The zero-order chi connectivity index (χ0) is 22.6. The number of carbonyl (C=O) groups is 1. The van der Waals surface area contributed by atoms with Gasteiger partial charge in [0, 0.05) is 22.1 Å². The van der Waals surface area contributed by atoms with Crippen LogP contribution in [0.5, 0.6) is 5.75 Å². The van der Waals surface area contributed by atoms with Gasteiger partial charge in [-0.25, -0.2) is 0 Å². The maximum atomic E-state index is 12.7. The number of nitrogens with zero attached hydrogens (tertiary/aromatic N) is 2. The first-order chi connectivity index (χ1) is 14.7. The fraction of sp³-hybridized carbons (Fsp3) is 0.348. The average Bonchev–Trinajstić information content (AvgIpc) is 3.21. The number of carbonyl (C=O) groups excluding carboxylic acids is 1. The monoisotopic (exact) mass is 441 g/mol. The van der Waals surface area contributed by atoms with E-state index in [1.54, 1.807) is 20.1 Å². The van der Waals surface area contributed by atoms with E-state index in [-0.39, 0.29) is 23.0 Å². The Kier molecular flexibility index (Phi) is 6.90. The normalized spacial score (nSPS) is 13.5. The number of rotatable bonds is 7. The van der Waals surface area contributed by atoms with Crippen molar-refractivity contribution in [2.75, 3.05) is 12.4 Å². The van der Waals surface area contributed by atoms with Crippen LogP contribution in [0.2, 0.25) is 0 Å². The highest BCUT2D eigenvalue weighted by atomic mass is 32.2.